The molecule has 5 heteroatoms. The molecule has 0 unspecified atom stereocenters. The Labute approximate surface area is 179 Å². The van der Waals surface area contributed by atoms with Crippen molar-refractivity contribution in [3.05, 3.63) is 105 Å². The SMILES string of the molecule is CC(C)(C)c1ccc(I(OC(=O)c2ccccc2)OC(=O)c2ccccc2)cc1. The minimum absolute atomic E-state index is 0.000988. The van der Waals surface area contributed by atoms with Gasteiger partial charge >= 0.3 is 180 Å². The Morgan fingerprint density at radius 1 is 0.655 bits per heavy atom. The van der Waals surface area contributed by atoms with Crippen LogP contribution in [0, 0.1) is 3.57 Å². The third-order valence-corrected chi connectivity index (χ3v) is 7.52. The van der Waals surface area contributed by atoms with E-state index in [9.17, 15) is 9.59 Å². The van der Waals surface area contributed by atoms with E-state index in [1.54, 1.807) is 48.5 Å². The summed E-state index contributed by atoms with van der Waals surface area (Å²) in [7, 11) is 0. The molecule has 0 aliphatic heterocycles. The van der Waals surface area contributed by atoms with Crippen molar-refractivity contribution in [2.45, 2.75) is 26.2 Å². The van der Waals surface area contributed by atoms with Gasteiger partial charge in [0.2, 0.25) is 0 Å². The van der Waals surface area contributed by atoms with E-state index in [2.05, 4.69) is 20.8 Å². The Morgan fingerprint density at radius 3 is 1.45 bits per heavy atom. The van der Waals surface area contributed by atoms with Crippen molar-refractivity contribution in [3.63, 3.8) is 0 Å². The Hall–Kier alpha value is -2.67. The molecular formula is C24H23IO4. The van der Waals surface area contributed by atoms with Crippen LogP contribution in [-0.4, -0.2) is 11.9 Å². The fourth-order valence-electron chi connectivity index (χ4n) is 2.52. The molecule has 150 valence electrons. The summed E-state index contributed by atoms with van der Waals surface area (Å²) in [6.45, 7) is 6.38. The van der Waals surface area contributed by atoms with Gasteiger partial charge in [-0.05, 0) is 0 Å². The first-order chi connectivity index (χ1) is 13.8. The van der Waals surface area contributed by atoms with Gasteiger partial charge in [0, 0.05) is 0 Å². The summed E-state index contributed by atoms with van der Waals surface area (Å²) in [4.78, 5) is 25.2. The number of benzene rings is 3. The van der Waals surface area contributed by atoms with Crippen LogP contribution in [-0.2, 0) is 11.5 Å². The third kappa shape index (κ3) is 5.67. The molecule has 3 aromatic rings. The molecule has 3 rings (SSSR count). The van der Waals surface area contributed by atoms with Gasteiger partial charge in [0.15, 0.2) is 0 Å². The predicted octanol–water partition coefficient (Wildman–Crippen LogP) is 6.20. The third-order valence-electron chi connectivity index (χ3n) is 4.19. The second kappa shape index (κ2) is 9.22. The van der Waals surface area contributed by atoms with Crippen molar-refractivity contribution in [3.8, 4) is 0 Å². The van der Waals surface area contributed by atoms with Gasteiger partial charge < -0.3 is 0 Å². The van der Waals surface area contributed by atoms with Crippen molar-refractivity contribution in [1.29, 1.82) is 0 Å². The Balaban J connectivity index is 1.86. The van der Waals surface area contributed by atoms with E-state index in [1.807, 2.05) is 36.4 Å². The van der Waals surface area contributed by atoms with Crippen LogP contribution in [0.4, 0.5) is 0 Å². The van der Waals surface area contributed by atoms with Gasteiger partial charge in [-0.3, -0.25) is 0 Å². The van der Waals surface area contributed by atoms with Crippen LogP contribution < -0.4 is 0 Å². The molecule has 0 aliphatic rings. The normalized spacial score (nSPS) is 11.5. The molecule has 0 spiro atoms. The van der Waals surface area contributed by atoms with Gasteiger partial charge in [-0.15, -0.1) is 0 Å². The summed E-state index contributed by atoms with van der Waals surface area (Å²) in [5.41, 5.74) is 2.01. The maximum absolute atomic E-state index is 12.6. The molecule has 4 nitrogen and oxygen atoms in total. The molecular weight excluding hydrogens is 479 g/mol. The maximum atomic E-state index is 12.6. The topological polar surface area (TPSA) is 52.6 Å². The van der Waals surface area contributed by atoms with E-state index < -0.39 is 32.6 Å². The van der Waals surface area contributed by atoms with Crippen molar-refractivity contribution in [1.82, 2.24) is 0 Å². The van der Waals surface area contributed by atoms with Gasteiger partial charge in [0.05, 0.1) is 0 Å². The zero-order valence-electron chi connectivity index (χ0n) is 16.6. The fraction of sp³-hybridized carbons (Fsp3) is 0.167. The van der Waals surface area contributed by atoms with E-state index in [0.717, 1.165) is 9.13 Å². The zero-order valence-corrected chi connectivity index (χ0v) is 18.8. The van der Waals surface area contributed by atoms with Crippen LogP contribution in [0.15, 0.2) is 84.9 Å². The molecule has 0 saturated carbocycles. The summed E-state index contributed by atoms with van der Waals surface area (Å²) >= 11 is -3.04. The second-order valence-electron chi connectivity index (χ2n) is 7.44. The van der Waals surface area contributed by atoms with E-state index in [0.29, 0.717) is 11.1 Å². The quantitative estimate of drug-likeness (QED) is 0.390. The first kappa shape index (κ1) is 21.0. The number of hydrogen-bond acceptors (Lipinski definition) is 4. The molecule has 0 amide bonds. The molecule has 0 atom stereocenters. The summed E-state index contributed by atoms with van der Waals surface area (Å²) in [6.07, 6.45) is 0. The zero-order chi connectivity index (χ0) is 20.9. The number of rotatable bonds is 5. The summed E-state index contributed by atoms with van der Waals surface area (Å²) in [5, 5.41) is 0. The molecule has 0 heterocycles. The minimum atomic E-state index is -3.04. The van der Waals surface area contributed by atoms with E-state index in [4.69, 9.17) is 6.13 Å². The Kier molecular flexibility index (Phi) is 6.69. The van der Waals surface area contributed by atoms with Crippen molar-refractivity contribution in [2.24, 2.45) is 0 Å². The molecule has 29 heavy (non-hydrogen) atoms. The second-order valence-corrected chi connectivity index (χ2v) is 10.8. The van der Waals surface area contributed by atoms with Crippen molar-refractivity contribution >= 4 is 32.6 Å². The monoisotopic (exact) mass is 502 g/mol. The number of carbonyl (C=O) groups is 2. The molecule has 0 bridgehead atoms. The molecule has 0 aromatic heterocycles. The number of halogens is 1. The first-order valence-corrected chi connectivity index (χ1v) is 12.0. The molecule has 0 fully saturated rings. The van der Waals surface area contributed by atoms with Gasteiger partial charge in [0.1, 0.15) is 0 Å². The van der Waals surface area contributed by atoms with Crippen LogP contribution in [0.3, 0.4) is 0 Å². The van der Waals surface area contributed by atoms with Crippen LogP contribution in [0.25, 0.3) is 0 Å². The van der Waals surface area contributed by atoms with Crippen LogP contribution >= 0.6 is 20.6 Å². The van der Waals surface area contributed by atoms with Gasteiger partial charge in [-0.1, -0.05) is 0 Å². The van der Waals surface area contributed by atoms with Crippen LogP contribution in [0.2, 0.25) is 0 Å². The fourth-order valence-corrected chi connectivity index (χ4v) is 5.30. The van der Waals surface area contributed by atoms with Gasteiger partial charge in [-0.25, -0.2) is 0 Å². The number of carbonyl (C=O) groups excluding carboxylic acids is 2. The summed E-state index contributed by atoms with van der Waals surface area (Å²) < 4.78 is 12.2. The average molecular weight is 502 g/mol. The Morgan fingerprint density at radius 2 is 1.07 bits per heavy atom. The summed E-state index contributed by atoms with van der Waals surface area (Å²) in [6, 6.07) is 25.2. The molecule has 0 radical (unpaired) electrons. The molecule has 0 aliphatic carbocycles. The Bertz CT molecular complexity index is 908. The van der Waals surface area contributed by atoms with Crippen molar-refractivity contribution < 1.29 is 15.7 Å². The van der Waals surface area contributed by atoms with Crippen LogP contribution in [0.5, 0.6) is 0 Å². The van der Waals surface area contributed by atoms with Gasteiger partial charge in [0.25, 0.3) is 0 Å². The first-order valence-electron chi connectivity index (χ1n) is 9.21. The number of hydrogen-bond donors (Lipinski definition) is 0. The van der Waals surface area contributed by atoms with Crippen LogP contribution in [0.1, 0.15) is 47.1 Å². The van der Waals surface area contributed by atoms with Crippen molar-refractivity contribution in [2.75, 3.05) is 0 Å². The summed E-state index contributed by atoms with van der Waals surface area (Å²) in [5.74, 6) is -0.979. The average Bonchev–Trinajstić information content (AvgIpc) is 2.74. The van der Waals surface area contributed by atoms with E-state index in [1.165, 1.54) is 0 Å². The van der Waals surface area contributed by atoms with Gasteiger partial charge in [-0.2, -0.15) is 0 Å². The molecule has 0 saturated heterocycles. The van der Waals surface area contributed by atoms with E-state index >= 15 is 0 Å². The molecule has 3 aromatic carbocycles. The van der Waals surface area contributed by atoms with E-state index in [-0.39, 0.29) is 5.41 Å². The standard InChI is InChI=1S/C24H23IO4/c1-24(2,3)20-14-16-21(17-15-20)25(28-22(26)18-10-6-4-7-11-18)29-23(27)19-12-8-5-9-13-19/h4-17H,1-3H3. The molecule has 0 N–H and O–H groups in total. The predicted molar refractivity (Wildman–Crippen MR) is 122 cm³/mol.